The second-order valence-electron chi connectivity index (χ2n) is 3.94. The van der Waals surface area contributed by atoms with Gasteiger partial charge in [0, 0.05) is 26.9 Å². The Bertz CT molecular complexity index is 497. The Labute approximate surface area is 96.5 Å². The van der Waals surface area contributed by atoms with E-state index >= 15 is 0 Å². The Kier molecular flexibility index (Phi) is 1.84. The molecule has 0 bridgehead atoms. The van der Waals surface area contributed by atoms with E-state index in [9.17, 15) is 0 Å². The molecule has 3 rings (SSSR count). The molecule has 2 aromatic rings. The van der Waals surface area contributed by atoms with Crippen LogP contribution in [0.4, 0.5) is 0 Å². The number of hydrogen-bond donors (Lipinski definition) is 0. The lowest BCUT2D eigenvalue weighted by atomic mass is 10.3. The summed E-state index contributed by atoms with van der Waals surface area (Å²) in [6.07, 6.45) is 4.81. The molecule has 3 heteroatoms. The first-order valence-corrected chi connectivity index (χ1v) is 5.97. The molecule has 0 atom stereocenters. The molecule has 14 heavy (non-hydrogen) atoms. The maximum Gasteiger partial charge on any atom is 0.141 e. The third-order valence-corrected chi connectivity index (χ3v) is 3.60. The van der Waals surface area contributed by atoms with Crippen LogP contribution < -0.4 is 0 Å². The molecule has 0 unspecified atom stereocenters. The molecular weight excluding hydrogens is 287 g/mol. The van der Waals surface area contributed by atoms with Gasteiger partial charge in [-0.3, -0.25) is 0 Å². The van der Waals surface area contributed by atoms with E-state index < -0.39 is 0 Å². The first-order chi connectivity index (χ1) is 6.75. The Morgan fingerprint density at radius 1 is 1.50 bits per heavy atom. The van der Waals surface area contributed by atoms with E-state index in [-0.39, 0.29) is 0 Å². The number of hydrogen-bond acceptors (Lipinski definition) is 1. The van der Waals surface area contributed by atoms with Crippen LogP contribution in [0, 0.1) is 10.5 Å². The quantitative estimate of drug-likeness (QED) is 0.739. The van der Waals surface area contributed by atoms with Crippen molar-refractivity contribution in [3.8, 4) is 0 Å². The van der Waals surface area contributed by atoms with Gasteiger partial charge in [-0.2, -0.15) is 0 Å². The van der Waals surface area contributed by atoms with Crippen molar-refractivity contribution >= 4 is 33.6 Å². The normalized spacial score (nSPS) is 16.4. The molecule has 2 aromatic heterocycles. The summed E-state index contributed by atoms with van der Waals surface area (Å²) in [6, 6.07) is 5.04. The molecule has 1 aliphatic carbocycles. The van der Waals surface area contributed by atoms with E-state index in [2.05, 4.69) is 57.4 Å². The van der Waals surface area contributed by atoms with Gasteiger partial charge in [-0.15, -0.1) is 0 Å². The van der Waals surface area contributed by atoms with Gasteiger partial charge in [0.05, 0.1) is 0 Å². The Morgan fingerprint density at radius 2 is 2.29 bits per heavy atom. The van der Waals surface area contributed by atoms with E-state index in [1.807, 2.05) is 0 Å². The van der Waals surface area contributed by atoms with Crippen molar-refractivity contribution in [2.75, 3.05) is 0 Å². The van der Waals surface area contributed by atoms with E-state index in [1.165, 1.54) is 21.8 Å². The number of pyridine rings is 1. The summed E-state index contributed by atoms with van der Waals surface area (Å²) in [5, 5.41) is 1.29. The Morgan fingerprint density at radius 3 is 3.00 bits per heavy atom. The van der Waals surface area contributed by atoms with Crippen LogP contribution in [0.15, 0.2) is 18.3 Å². The lowest BCUT2D eigenvalue weighted by Crippen LogP contribution is -1.95. The zero-order valence-corrected chi connectivity index (χ0v) is 10.2. The minimum Gasteiger partial charge on any atom is -0.329 e. The maximum atomic E-state index is 4.62. The van der Waals surface area contributed by atoms with Crippen molar-refractivity contribution in [2.24, 2.45) is 0 Å². The van der Waals surface area contributed by atoms with Crippen molar-refractivity contribution in [3.63, 3.8) is 0 Å². The summed E-state index contributed by atoms with van der Waals surface area (Å²) in [6.45, 7) is 2.06. The molecule has 2 nitrogen and oxygen atoms in total. The molecule has 0 amide bonds. The van der Waals surface area contributed by atoms with Gasteiger partial charge in [-0.1, -0.05) is 0 Å². The van der Waals surface area contributed by atoms with Gasteiger partial charge >= 0.3 is 0 Å². The predicted molar refractivity (Wildman–Crippen MR) is 65.5 cm³/mol. The van der Waals surface area contributed by atoms with Gasteiger partial charge in [0.1, 0.15) is 5.65 Å². The number of aromatic nitrogens is 2. The van der Waals surface area contributed by atoms with Crippen molar-refractivity contribution < 1.29 is 0 Å². The molecule has 1 fully saturated rings. The third-order valence-electron chi connectivity index (χ3n) is 2.70. The second kappa shape index (κ2) is 2.95. The number of nitrogens with zero attached hydrogens (tertiary/aromatic N) is 2. The number of fused-ring (bicyclic) bond motifs is 1. The molecule has 0 saturated heterocycles. The van der Waals surface area contributed by atoms with Gasteiger partial charge in [0.15, 0.2) is 0 Å². The van der Waals surface area contributed by atoms with Crippen LogP contribution in [0.25, 0.3) is 11.0 Å². The average Bonchev–Trinajstić information content (AvgIpc) is 2.87. The third kappa shape index (κ3) is 1.26. The van der Waals surface area contributed by atoms with Crippen LogP contribution in [-0.2, 0) is 0 Å². The van der Waals surface area contributed by atoms with Gasteiger partial charge in [0.25, 0.3) is 0 Å². The number of halogens is 1. The molecule has 2 heterocycles. The first kappa shape index (κ1) is 8.71. The summed E-state index contributed by atoms with van der Waals surface area (Å²) in [5.74, 6) is 0. The van der Waals surface area contributed by atoms with E-state index in [0.29, 0.717) is 0 Å². The fourth-order valence-electron chi connectivity index (χ4n) is 1.85. The molecule has 0 spiro atoms. The van der Waals surface area contributed by atoms with Gasteiger partial charge in [-0.25, -0.2) is 4.98 Å². The van der Waals surface area contributed by atoms with Gasteiger partial charge in [-0.05, 0) is 54.5 Å². The lowest BCUT2D eigenvalue weighted by Gasteiger charge is -2.03. The summed E-state index contributed by atoms with van der Waals surface area (Å²) in [7, 11) is 0. The fourth-order valence-corrected chi connectivity index (χ4v) is 2.72. The van der Waals surface area contributed by atoms with Crippen LogP contribution in [0.3, 0.4) is 0 Å². The number of rotatable bonds is 1. The highest BCUT2D eigenvalue weighted by Crippen LogP contribution is 2.37. The van der Waals surface area contributed by atoms with Crippen LogP contribution in [0.5, 0.6) is 0 Å². The SMILES string of the molecule is Cc1cc(I)c2ccn(C3CC3)c2n1. The largest absolute Gasteiger partial charge is 0.329 e. The van der Waals surface area contributed by atoms with Crippen molar-refractivity contribution in [2.45, 2.75) is 25.8 Å². The summed E-state index contributed by atoms with van der Waals surface area (Å²) in [4.78, 5) is 4.62. The first-order valence-electron chi connectivity index (χ1n) is 4.89. The number of aryl methyl sites for hydroxylation is 1. The molecule has 0 N–H and O–H groups in total. The second-order valence-corrected chi connectivity index (χ2v) is 5.10. The maximum absolute atomic E-state index is 4.62. The van der Waals surface area contributed by atoms with E-state index in [1.54, 1.807) is 0 Å². The van der Waals surface area contributed by atoms with E-state index in [4.69, 9.17) is 0 Å². The Hall–Kier alpha value is -0.580. The molecule has 0 radical (unpaired) electrons. The average molecular weight is 298 g/mol. The van der Waals surface area contributed by atoms with Crippen LogP contribution in [0.1, 0.15) is 24.6 Å². The van der Waals surface area contributed by atoms with Crippen molar-refractivity contribution in [3.05, 3.63) is 27.6 Å². The highest BCUT2D eigenvalue weighted by atomic mass is 127. The zero-order chi connectivity index (χ0) is 9.71. The fraction of sp³-hybridized carbons (Fsp3) is 0.364. The molecule has 1 aliphatic rings. The predicted octanol–water partition coefficient (Wildman–Crippen LogP) is 3.28. The molecule has 1 saturated carbocycles. The molecule has 0 aliphatic heterocycles. The lowest BCUT2D eigenvalue weighted by molar-refractivity contribution is 0.765. The van der Waals surface area contributed by atoms with Gasteiger partial charge in [0.2, 0.25) is 0 Å². The highest BCUT2D eigenvalue weighted by molar-refractivity contribution is 14.1. The monoisotopic (exact) mass is 298 g/mol. The van der Waals surface area contributed by atoms with Crippen molar-refractivity contribution in [1.82, 2.24) is 9.55 Å². The molecule has 0 aromatic carbocycles. The van der Waals surface area contributed by atoms with Crippen molar-refractivity contribution in [1.29, 1.82) is 0 Å². The summed E-state index contributed by atoms with van der Waals surface area (Å²) >= 11 is 2.39. The zero-order valence-electron chi connectivity index (χ0n) is 8.00. The van der Waals surface area contributed by atoms with E-state index in [0.717, 1.165) is 17.4 Å². The van der Waals surface area contributed by atoms with Gasteiger partial charge < -0.3 is 4.57 Å². The molecular formula is C11H11IN2. The molecule has 72 valence electrons. The minimum atomic E-state index is 0.720. The van der Waals surface area contributed by atoms with Crippen LogP contribution in [0.2, 0.25) is 0 Å². The topological polar surface area (TPSA) is 17.8 Å². The standard InChI is InChI=1S/C11H11IN2/c1-7-6-10(12)9-4-5-14(8-2-3-8)11(9)13-7/h4-6,8H,2-3H2,1H3. The van der Waals surface area contributed by atoms with Crippen LogP contribution in [-0.4, -0.2) is 9.55 Å². The Balaban J connectivity index is 2.33. The van der Waals surface area contributed by atoms with Crippen LogP contribution >= 0.6 is 22.6 Å². The summed E-state index contributed by atoms with van der Waals surface area (Å²) < 4.78 is 3.63. The minimum absolute atomic E-state index is 0.720. The smallest absolute Gasteiger partial charge is 0.141 e. The summed E-state index contributed by atoms with van der Waals surface area (Å²) in [5.41, 5.74) is 2.28. The highest BCUT2D eigenvalue weighted by Gasteiger charge is 2.25.